The molecule has 0 radical (unpaired) electrons. The summed E-state index contributed by atoms with van der Waals surface area (Å²) < 4.78 is 2.60. The molecule has 0 aliphatic rings. The minimum atomic E-state index is 0.512. The van der Waals surface area contributed by atoms with Crippen LogP contribution in [0, 0.1) is 6.92 Å². The fourth-order valence-electron chi connectivity index (χ4n) is 1.11. The molecule has 0 bridgehead atoms. The molecule has 0 fully saturated rings. The lowest BCUT2D eigenvalue weighted by atomic mass is 10.6. The minimum absolute atomic E-state index is 0.512. The number of aromatic nitrogens is 3. The van der Waals surface area contributed by atoms with Crippen LogP contribution in [0.3, 0.4) is 0 Å². The second-order valence-electron chi connectivity index (χ2n) is 2.92. The Balaban J connectivity index is 2.18. The first kappa shape index (κ1) is 9.67. The van der Waals surface area contributed by atoms with Gasteiger partial charge in [-0.25, -0.2) is 4.98 Å². The molecule has 2 aromatic rings. The van der Waals surface area contributed by atoms with Crippen molar-refractivity contribution in [1.82, 2.24) is 14.8 Å². The maximum atomic E-state index is 5.60. The van der Waals surface area contributed by atoms with Crippen LogP contribution in [-0.4, -0.2) is 14.8 Å². The highest BCUT2D eigenvalue weighted by atomic mass is 79.9. The van der Waals surface area contributed by atoms with E-state index in [0.717, 1.165) is 9.48 Å². The topological polar surface area (TPSA) is 56.7 Å². The van der Waals surface area contributed by atoms with Crippen LogP contribution < -0.4 is 5.73 Å². The number of anilines is 1. The summed E-state index contributed by atoms with van der Waals surface area (Å²) in [7, 11) is 0. The van der Waals surface area contributed by atoms with E-state index < -0.39 is 0 Å². The van der Waals surface area contributed by atoms with Gasteiger partial charge in [-0.05, 0) is 22.9 Å². The van der Waals surface area contributed by atoms with E-state index in [1.807, 2.05) is 19.3 Å². The van der Waals surface area contributed by atoms with Crippen molar-refractivity contribution in [1.29, 1.82) is 0 Å². The summed E-state index contributed by atoms with van der Waals surface area (Å²) >= 11 is 4.98. The molecule has 0 saturated carbocycles. The third-order valence-corrected chi connectivity index (χ3v) is 3.22. The highest BCUT2D eigenvalue weighted by Crippen LogP contribution is 2.18. The van der Waals surface area contributed by atoms with Crippen molar-refractivity contribution in [3.8, 4) is 0 Å². The van der Waals surface area contributed by atoms with Crippen molar-refractivity contribution in [2.24, 2.45) is 0 Å². The summed E-state index contributed by atoms with van der Waals surface area (Å²) in [5.41, 5.74) is 5.60. The van der Waals surface area contributed by atoms with Gasteiger partial charge >= 0.3 is 0 Å². The van der Waals surface area contributed by atoms with E-state index in [4.69, 9.17) is 5.73 Å². The molecule has 0 amide bonds. The van der Waals surface area contributed by atoms with E-state index in [1.165, 1.54) is 4.88 Å². The number of nitrogens with two attached hydrogens (primary N) is 1. The smallest absolute Gasteiger partial charge is 0.159 e. The van der Waals surface area contributed by atoms with Crippen LogP contribution in [0.2, 0.25) is 0 Å². The van der Waals surface area contributed by atoms with E-state index in [2.05, 4.69) is 26.0 Å². The van der Waals surface area contributed by atoms with Gasteiger partial charge in [-0.2, -0.15) is 5.10 Å². The van der Waals surface area contributed by atoms with E-state index in [9.17, 15) is 0 Å². The van der Waals surface area contributed by atoms with Gasteiger partial charge in [0.1, 0.15) is 5.01 Å². The lowest BCUT2D eigenvalue weighted by Gasteiger charge is -1.95. The second kappa shape index (κ2) is 3.70. The Bertz CT molecular complexity index is 428. The zero-order valence-electron chi connectivity index (χ0n) is 7.57. The normalized spacial score (nSPS) is 10.7. The van der Waals surface area contributed by atoms with Gasteiger partial charge in [0.05, 0.1) is 11.0 Å². The number of hydrogen-bond acceptors (Lipinski definition) is 4. The molecular weight excluding hydrogens is 264 g/mol. The van der Waals surface area contributed by atoms with Crippen LogP contribution in [0.5, 0.6) is 0 Å². The average Bonchev–Trinajstić information content (AvgIpc) is 2.62. The summed E-state index contributed by atoms with van der Waals surface area (Å²) in [5, 5.41) is 5.17. The highest BCUT2D eigenvalue weighted by Gasteiger charge is 2.04. The van der Waals surface area contributed by atoms with E-state index in [-0.39, 0.29) is 0 Å². The van der Waals surface area contributed by atoms with Crippen molar-refractivity contribution in [2.45, 2.75) is 13.5 Å². The number of thiazole rings is 1. The first-order valence-corrected chi connectivity index (χ1v) is 5.66. The van der Waals surface area contributed by atoms with Crippen LogP contribution >= 0.6 is 27.3 Å². The van der Waals surface area contributed by atoms with Gasteiger partial charge in [0.2, 0.25) is 0 Å². The Kier molecular flexibility index (Phi) is 2.56. The summed E-state index contributed by atoms with van der Waals surface area (Å²) in [6, 6.07) is 0. The number of rotatable bonds is 2. The summed E-state index contributed by atoms with van der Waals surface area (Å²) in [5.74, 6) is 0.512. The predicted molar refractivity (Wildman–Crippen MR) is 60.3 cm³/mol. The monoisotopic (exact) mass is 272 g/mol. The Hall–Kier alpha value is -0.880. The third kappa shape index (κ3) is 1.96. The quantitative estimate of drug-likeness (QED) is 0.911. The highest BCUT2D eigenvalue weighted by molar-refractivity contribution is 9.10. The van der Waals surface area contributed by atoms with Crippen LogP contribution in [0.4, 0.5) is 5.82 Å². The Labute approximate surface area is 93.9 Å². The molecule has 2 aromatic heterocycles. The molecular formula is C8H9BrN4S. The number of nitrogens with zero attached hydrogens (tertiary/aromatic N) is 3. The maximum absolute atomic E-state index is 5.60. The van der Waals surface area contributed by atoms with Crippen molar-refractivity contribution in [3.63, 3.8) is 0 Å². The van der Waals surface area contributed by atoms with Crippen LogP contribution in [-0.2, 0) is 6.54 Å². The van der Waals surface area contributed by atoms with Crippen molar-refractivity contribution in [2.75, 3.05) is 5.73 Å². The number of halogens is 1. The van der Waals surface area contributed by atoms with Crippen LogP contribution in [0.15, 0.2) is 16.9 Å². The average molecular weight is 273 g/mol. The standard InChI is InChI=1S/C8H9BrN4S/c1-5-2-11-7(14-5)4-13-3-6(9)8(10)12-13/h2-3H,4H2,1H3,(H2,10,12). The molecule has 6 heteroatoms. The SMILES string of the molecule is Cc1cnc(Cn2cc(Br)c(N)n2)s1. The fraction of sp³-hybridized carbons (Fsp3) is 0.250. The maximum Gasteiger partial charge on any atom is 0.159 e. The molecule has 14 heavy (non-hydrogen) atoms. The van der Waals surface area contributed by atoms with Gasteiger partial charge in [-0.1, -0.05) is 0 Å². The van der Waals surface area contributed by atoms with Crippen LogP contribution in [0.25, 0.3) is 0 Å². The summed E-state index contributed by atoms with van der Waals surface area (Å²) in [4.78, 5) is 5.46. The van der Waals surface area contributed by atoms with Gasteiger partial charge in [-0.3, -0.25) is 4.68 Å². The van der Waals surface area contributed by atoms with Gasteiger partial charge in [0, 0.05) is 17.3 Å². The molecule has 2 N–H and O–H groups in total. The molecule has 0 unspecified atom stereocenters. The summed E-state index contributed by atoms with van der Waals surface area (Å²) in [6.07, 6.45) is 3.72. The first-order chi connectivity index (χ1) is 6.65. The first-order valence-electron chi connectivity index (χ1n) is 4.05. The zero-order valence-corrected chi connectivity index (χ0v) is 9.97. The molecule has 0 atom stereocenters. The molecule has 0 aliphatic heterocycles. The molecule has 0 aliphatic carbocycles. The second-order valence-corrected chi connectivity index (χ2v) is 5.10. The Morgan fingerprint density at radius 3 is 2.93 bits per heavy atom. The van der Waals surface area contributed by atoms with Gasteiger partial charge in [-0.15, -0.1) is 11.3 Å². The zero-order chi connectivity index (χ0) is 10.1. The van der Waals surface area contributed by atoms with Gasteiger partial charge in [0.15, 0.2) is 5.82 Å². The van der Waals surface area contributed by atoms with E-state index in [0.29, 0.717) is 12.4 Å². The Morgan fingerprint density at radius 1 is 1.64 bits per heavy atom. The molecule has 74 valence electrons. The largest absolute Gasteiger partial charge is 0.381 e. The number of hydrogen-bond donors (Lipinski definition) is 1. The predicted octanol–water partition coefficient (Wildman–Crippen LogP) is 2.04. The molecule has 0 aromatic carbocycles. The fourth-order valence-corrected chi connectivity index (χ4v) is 2.20. The van der Waals surface area contributed by atoms with Crippen molar-refractivity contribution < 1.29 is 0 Å². The summed E-state index contributed by atoms with van der Waals surface area (Å²) in [6.45, 7) is 2.71. The van der Waals surface area contributed by atoms with E-state index in [1.54, 1.807) is 16.0 Å². The Morgan fingerprint density at radius 2 is 2.43 bits per heavy atom. The minimum Gasteiger partial charge on any atom is -0.381 e. The van der Waals surface area contributed by atoms with Gasteiger partial charge < -0.3 is 5.73 Å². The molecule has 0 spiro atoms. The van der Waals surface area contributed by atoms with Gasteiger partial charge in [0.25, 0.3) is 0 Å². The molecule has 0 saturated heterocycles. The third-order valence-electron chi connectivity index (χ3n) is 1.71. The lowest BCUT2D eigenvalue weighted by molar-refractivity contribution is 0.686. The molecule has 4 nitrogen and oxygen atoms in total. The molecule has 2 rings (SSSR count). The van der Waals surface area contributed by atoms with Crippen LogP contribution in [0.1, 0.15) is 9.88 Å². The van der Waals surface area contributed by atoms with E-state index >= 15 is 0 Å². The lowest BCUT2D eigenvalue weighted by Crippen LogP contribution is -2.00. The number of aryl methyl sites for hydroxylation is 1. The number of nitrogen functional groups attached to an aromatic ring is 1. The molecule has 2 heterocycles. The van der Waals surface area contributed by atoms with Crippen molar-refractivity contribution in [3.05, 3.63) is 26.8 Å². The van der Waals surface area contributed by atoms with Crippen molar-refractivity contribution >= 4 is 33.1 Å².